The van der Waals surface area contributed by atoms with Gasteiger partial charge in [-0.3, -0.25) is 0 Å². The topological polar surface area (TPSA) is 69.6 Å². The largest absolute Gasteiger partial charge is 0.480 e. The maximum absolute atomic E-state index is 12.2. The summed E-state index contributed by atoms with van der Waals surface area (Å²) in [5, 5.41) is 12.1. The van der Waals surface area contributed by atoms with Crippen LogP contribution in [-0.4, -0.2) is 34.6 Å². The van der Waals surface area contributed by atoms with Gasteiger partial charge in [-0.15, -0.1) is 0 Å². The number of rotatable bonds is 3. The second-order valence-electron chi connectivity index (χ2n) is 5.53. The minimum atomic E-state index is -0.959. The van der Waals surface area contributed by atoms with Gasteiger partial charge in [-0.05, 0) is 17.0 Å². The molecule has 0 fully saturated rings. The molecule has 0 aliphatic carbocycles. The van der Waals surface area contributed by atoms with Gasteiger partial charge in [-0.25, -0.2) is 9.59 Å². The van der Waals surface area contributed by atoms with Crippen molar-refractivity contribution in [2.45, 2.75) is 32.9 Å². The summed E-state index contributed by atoms with van der Waals surface area (Å²) >= 11 is 0. The van der Waals surface area contributed by atoms with Crippen LogP contribution in [0.5, 0.6) is 0 Å². The molecule has 0 aromatic heterocycles. The van der Waals surface area contributed by atoms with E-state index in [9.17, 15) is 14.7 Å². The Morgan fingerprint density at radius 2 is 2.00 bits per heavy atom. The Labute approximate surface area is 118 Å². The Morgan fingerprint density at radius 1 is 1.35 bits per heavy atom. The monoisotopic (exact) mass is 276 g/mol. The zero-order valence-corrected chi connectivity index (χ0v) is 11.8. The molecule has 1 aliphatic heterocycles. The lowest BCUT2D eigenvalue weighted by atomic mass is 9.94. The molecule has 1 aliphatic rings. The maximum atomic E-state index is 12.2. The van der Waals surface area contributed by atoms with Crippen LogP contribution in [0, 0.1) is 5.92 Å². The number of carboxylic acids is 1. The van der Waals surface area contributed by atoms with Crippen molar-refractivity contribution < 1.29 is 14.7 Å². The van der Waals surface area contributed by atoms with Gasteiger partial charge in [0.25, 0.3) is 0 Å². The molecule has 20 heavy (non-hydrogen) atoms. The van der Waals surface area contributed by atoms with Crippen molar-refractivity contribution >= 4 is 12.0 Å². The Morgan fingerprint density at radius 3 is 2.60 bits per heavy atom. The van der Waals surface area contributed by atoms with Crippen molar-refractivity contribution in [2.75, 3.05) is 6.54 Å². The van der Waals surface area contributed by atoms with Crippen LogP contribution in [0.4, 0.5) is 4.79 Å². The highest BCUT2D eigenvalue weighted by Crippen LogP contribution is 2.23. The van der Waals surface area contributed by atoms with E-state index >= 15 is 0 Å². The number of hydrogen-bond donors (Lipinski definition) is 2. The molecule has 1 aromatic carbocycles. The highest BCUT2D eigenvalue weighted by molar-refractivity contribution is 5.83. The third-order valence-electron chi connectivity index (χ3n) is 3.46. The molecule has 2 amide bonds. The first-order chi connectivity index (χ1) is 9.49. The number of nitrogens with zero attached hydrogens (tertiary/aromatic N) is 1. The third-order valence-corrected chi connectivity index (χ3v) is 3.46. The van der Waals surface area contributed by atoms with Crippen LogP contribution >= 0.6 is 0 Å². The molecule has 0 unspecified atom stereocenters. The number of carboxylic acid groups (broad SMARTS) is 1. The minimum Gasteiger partial charge on any atom is -0.480 e. The number of hydrogen-bond acceptors (Lipinski definition) is 2. The number of aliphatic carboxylic acids is 1. The first-order valence-corrected chi connectivity index (χ1v) is 6.83. The van der Waals surface area contributed by atoms with E-state index in [1.165, 1.54) is 4.90 Å². The van der Waals surface area contributed by atoms with Gasteiger partial charge in [0.1, 0.15) is 6.04 Å². The van der Waals surface area contributed by atoms with Crippen molar-refractivity contribution in [1.29, 1.82) is 0 Å². The number of fused-ring (bicyclic) bond motifs is 1. The SMILES string of the molecule is CC(C)CNC(=O)N1Cc2ccccc2C[C@@H]1C(=O)O. The van der Waals surface area contributed by atoms with Crippen LogP contribution in [0.2, 0.25) is 0 Å². The van der Waals surface area contributed by atoms with E-state index in [0.29, 0.717) is 25.4 Å². The van der Waals surface area contributed by atoms with Gasteiger partial charge in [0.05, 0.1) is 0 Å². The number of amides is 2. The van der Waals surface area contributed by atoms with Crippen LogP contribution in [0.3, 0.4) is 0 Å². The van der Waals surface area contributed by atoms with Gasteiger partial charge in [0.15, 0.2) is 0 Å². The smallest absolute Gasteiger partial charge is 0.326 e. The Balaban J connectivity index is 2.18. The van der Waals surface area contributed by atoms with Crippen molar-refractivity contribution in [2.24, 2.45) is 5.92 Å². The second kappa shape index (κ2) is 5.94. The lowest BCUT2D eigenvalue weighted by Crippen LogP contribution is -2.52. The lowest BCUT2D eigenvalue weighted by molar-refractivity contribution is -0.142. The number of nitrogens with one attached hydrogen (secondary N) is 1. The van der Waals surface area contributed by atoms with E-state index in [0.717, 1.165) is 11.1 Å². The average Bonchev–Trinajstić information content (AvgIpc) is 2.43. The molecule has 5 nitrogen and oxygen atoms in total. The van der Waals surface area contributed by atoms with E-state index < -0.39 is 12.0 Å². The first-order valence-electron chi connectivity index (χ1n) is 6.83. The molecular formula is C15H20N2O3. The van der Waals surface area contributed by atoms with Crippen molar-refractivity contribution in [3.8, 4) is 0 Å². The van der Waals surface area contributed by atoms with Crippen molar-refractivity contribution in [3.63, 3.8) is 0 Å². The van der Waals surface area contributed by atoms with E-state index in [1.807, 2.05) is 38.1 Å². The van der Waals surface area contributed by atoms with Crippen LogP contribution in [0.25, 0.3) is 0 Å². The molecule has 1 aromatic rings. The Kier molecular flexibility index (Phi) is 4.27. The molecular weight excluding hydrogens is 256 g/mol. The van der Waals surface area contributed by atoms with Crippen LogP contribution in [-0.2, 0) is 17.8 Å². The standard InChI is InChI=1S/C15H20N2O3/c1-10(2)8-16-15(20)17-9-12-6-4-3-5-11(12)7-13(17)14(18)19/h3-6,10,13H,7-9H2,1-2H3,(H,16,20)(H,18,19)/t13-/m1/s1. The molecule has 2 rings (SSSR count). The van der Waals surface area contributed by atoms with Crippen LogP contribution < -0.4 is 5.32 Å². The number of urea groups is 1. The molecule has 108 valence electrons. The predicted octanol–water partition coefficient (Wildman–Crippen LogP) is 1.86. The van der Waals surface area contributed by atoms with Gasteiger partial charge in [0, 0.05) is 19.5 Å². The third kappa shape index (κ3) is 3.10. The van der Waals surface area contributed by atoms with Gasteiger partial charge < -0.3 is 15.3 Å². The van der Waals surface area contributed by atoms with E-state index in [2.05, 4.69) is 5.32 Å². The quantitative estimate of drug-likeness (QED) is 0.885. The number of carbonyl (C=O) groups excluding carboxylic acids is 1. The van der Waals surface area contributed by atoms with Crippen molar-refractivity contribution in [1.82, 2.24) is 10.2 Å². The van der Waals surface area contributed by atoms with Gasteiger partial charge >= 0.3 is 12.0 Å². The second-order valence-corrected chi connectivity index (χ2v) is 5.53. The predicted molar refractivity (Wildman–Crippen MR) is 75.3 cm³/mol. The summed E-state index contributed by atoms with van der Waals surface area (Å²) in [4.78, 5) is 25.0. The van der Waals surface area contributed by atoms with Crippen LogP contribution in [0.15, 0.2) is 24.3 Å². The molecule has 5 heteroatoms. The lowest BCUT2D eigenvalue weighted by Gasteiger charge is -2.34. The van der Waals surface area contributed by atoms with Crippen molar-refractivity contribution in [3.05, 3.63) is 35.4 Å². The van der Waals surface area contributed by atoms with Gasteiger partial charge in [-0.1, -0.05) is 38.1 Å². The summed E-state index contributed by atoms with van der Waals surface area (Å²) in [6.45, 7) is 4.89. The maximum Gasteiger partial charge on any atom is 0.326 e. The summed E-state index contributed by atoms with van der Waals surface area (Å²) in [5.41, 5.74) is 2.03. The fourth-order valence-corrected chi connectivity index (χ4v) is 2.35. The van der Waals surface area contributed by atoms with Gasteiger partial charge in [-0.2, -0.15) is 0 Å². The number of benzene rings is 1. The molecule has 1 atom stereocenters. The average molecular weight is 276 g/mol. The molecule has 0 saturated heterocycles. The summed E-state index contributed by atoms with van der Waals surface area (Å²) in [6.07, 6.45) is 0.362. The number of carbonyl (C=O) groups is 2. The summed E-state index contributed by atoms with van der Waals surface area (Å²) in [6, 6.07) is 6.57. The summed E-state index contributed by atoms with van der Waals surface area (Å²) in [7, 11) is 0. The Bertz CT molecular complexity index is 514. The van der Waals surface area contributed by atoms with E-state index in [-0.39, 0.29) is 6.03 Å². The Hall–Kier alpha value is -2.04. The normalized spacial score (nSPS) is 17.8. The van der Waals surface area contributed by atoms with Gasteiger partial charge in [0.2, 0.25) is 0 Å². The highest BCUT2D eigenvalue weighted by Gasteiger charge is 2.34. The van der Waals surface area contributed by atoms with E-state index in [4.69, 9.17) is 0 Å². The molecule has 0 radical (unpaired) electrons. The zero-order valence-electron chi connectivity index (χ0n) is 11.8. The minimum absolute atomic E-state index is 0.305. The first kappa shape index (κ1) is 14.4. The zero-order chi connectivity index (χ0) is 14.7. The van der Waals surface area contributed by atoms with E-state index in [1.54, 1.807) is 0 Å². The molecule has 0 saturated carbocycles. The molecule has 2 N–H and O–H groups in total. The fourth-order valence-electron chi connectivity index (χ4n) is 2.35. The molecule has 0 spiro atoms. The summed E-state index contributed by atoms with van der Waals surface area (Å²) in [5.74, 6) is -0.626. The fraction of sp³-hybridized carbons (Fsp3) is 0.467. The molecule has 0 bridgehead atoms. The summed E-state index contributed by atoms with van der Waals surface area (Å²) < 4.78 is 0. The molecule has 1 heterocycles. The van der Waals surface area contributed by atoms with Crippen LogP contribution in [0.1, 0.15) is 25.0 Å². The highest BCUT2D eigenvalue weighted by atomic mass is 16.4.